The van der Waals surface area contributed by atoms with Crippen molar-refractivity contribution in [3.63, 3.8) is 0 Å². The van der Waals surface area contributed by atoms with Gasteiger partial charge in [0, 0.05) is 48.6 Å². The number of carbonyl (C=O) groups is 5. The smallest absolute Gasteiger partial charge is 0.408 e. The molecule has 2 aromatic heterocycles. The molecule has 0 spiro atoms. The molecule has 2 saturated carbocycles. The number of aromatic nitrogens is 4. The Morgan fingerprint density at radius 3 is 2.38 bits per heavy atom. The zero-order chi connectivity index (χ0) is 45.0. The van der Waals surface area contributed by atoms with Crippen molar-refractivity contribution in [2.75, 3.05) is 19.0 Å². The van der Waals surface area contributed by atoms with E-state index in [4.69, 9.17) is 19.7 Å². The Kier molecular flexibility index (Phi) is 13.1. The van der Waals surface area contributed by atoms with Crippen LogP contribution in [0.25, 0.3) is 22.0 Å². The minimum absolute atomic E-state index is 0.0216. The number of ether oxygens (including phenoxy) is 2. The number of sulfonamides is 1. The van der Waals surface area contributed by atoms with E-state index in [2.05, 4.69) is 25.7 Å². The van der Waals surface area contributed by atoms with Gasteiger partial charge in [0.15, 0.2) is 0 Å². The number of allylic oxidation sites excluding steroid dienone is 1. The standard InChI is InChI=1S/C44H51N9O9S2/c1-27(54)46-30-16-20-34(21-17-30)64(59,60)51-42(57)44-25-29(44)10-6-4-3-5-7-13-35(47-43(58)62-33-11-8-9-12-33)41(56)52-26-31(24-36(52)39(55)48-44)53-49-37(28-14-18-32(61-2)19-15-28)38(50-53)40-45-22-23-63-40/h6,10,14-23,29,31,33,35-36H,3-5,7-9,11-13,24-26H2,1-2H3,(H,46,54)(H,47,58)(H,48,55)(H,51,57)/b10-6+/t29-,31-,35-,36+,44-/m1/s1. The summed E-state index contributed by atoms with van der Waals surface area (Å²) in [5.41, 5.74) is 0.487. The fourth-order valence-electron chi connectivity index (χ4n) is 8.70. The average Bonchev–Trinajstić information content (AvgIpc) is 3.93. The van der Waals surface area contributed by atoms with Crippen molar-refractivity contribution in [2.24, 2.45) is 5.92 Å². The first kappa shape index (κ1) is 44.5. The van der Waals surface area contributed by atoms with Gasteiger partial charge in [0.25, 0.3) is 15.9 Å². The molecule has 8 rings (SSSR count). The van der Waals surface area contributed by atoms with Crippen LogP contribution in [-0.2, 0) is 33.9 Å². The third kappa shape index (κ3) is 9.81. The van der Waals surface area contributed by atoms with E-state index in [1.807, 2.05) is 41.8 Å². The maximum Gasteiger partial charge on any atom is 0.408 e. The number of hydrogen-bond donors (Lipinski definition) is 4. The first-order chi connectivity index (χ1) is 30.8. The van der Waals surface area contributed by atoms with Crippen molar-refractivity contribution in [1.29, 1.82) is 0 Å². The van der Waals surface area contributed by atoms with E-state index in [0.29, 0.717) is 47.1 Å². The number of methoxy groups -OCH3 is 1. The first-order valence-electron chi connectivity index (χ1n) is 21.6. The summed E-state index contributed by atoms with van der Waals surface area (Å²) >= 11 is 1.38. The molecule has 64 heavy (non-hydrogen) atoms. The first-order valence-corrected chi connectivity index (χ1v) is 23.9. The number of anilines is 1. The highest BCUT2D eigenvalue weighted by Crippen LogP contribution is 2.46. The molecule has 338 valence electrons. The number of thiazole rings is 1. The van der Waals surface area contributed by atoms with Gasteiger partial charge in [-0.05, 0) is 99.9 Å². The van der Waals surface area contributed by atoms with Crippen molar-refractivity contribution in [1.82, 2.24) is 40.2 Å². The van der Waals surface area contributed by atoms with Crippen LogP contribution in [-0.4, -0.2) is 100 Å². The fraction of sp³-hybridized carbons (Fsp3) is 0.455. The summed E-state index contributed by atoms with van der Waals surface area (Å²) in [6, 6.07) is 9.81. The number of rotatable bonds is 10. The van der Waals surface area contributed by atoms with E-state index >= 15 is 0 Å². The summed E-state index contributed by atoms with van der Waals surface area (Å²) < 4.78 is 40.4. The van der Waals surface area contributed by atoms with Crippen LogP contribution in [0.3, 0.4) is 0 Å². The number of carbonyl (C=O) groups excluding carboxylic acids is 5. The second-order valence-electron chi connectivity index (χ2n) is 16.7. The molecule has 4 aliphatic rings. The lowest BCUT2D eigenvalue weighted by molar-refractivity contribution is -0.141. The minimum atomic E-state index is -4.43. The average molecular weight is 914 g/mol. The summed E-state index contributed by atoms with van der Waals surface area (Å²) in [5, 5.41) is 20.5. The maximum atomic E-state index is 14.8. The molecule has 4 N–H and O–H groups in total. The minimum Gasteiger partial charge on any atom is -0.497 e. The Balaban J connectivity index is 1.11. The predicted molar refractivity (Wildman–Crippen MR) is 235 cm³/mol. The largest absolute Gasteiger partial charge is 0.497 e. The molecule has 0 radical (unpaired) electrons. The number of fused-ring (bicyclic) bond motifs is 2. The van der Waals surface area contributed by atoms with E-state index in [1.54, 1.807) is 13.3 Å². The van der Waals surface area contributed by atoms with Gasteiger partial charge in [-0.3, -0.25) is 19.2 Å². The van der Waals surface area contributed by atoms with Crippen LogP contribution >= 0.6 is 11.3 Å². The van der Waals surface area contributed by atoms with Gasteiger partial charge in [-0.2, -0.15) is 9.90 Å². The quantitative estimate of drug-likeness (QED) is 0.152. The van der Waals surface area contributed by atoms with Gasteiger partial charge in [0.1, 0.15) is 45.9 Å². The van der Waals surface area contributed by atoms with Crippen LogP contribution in [0, 0.1) is 5.92 Å². The van der Waals surface area contributed by atoms with Crippen molar-refractivity contribution >= 4 is 56.8 Å². The lowest BCUT2D eigenvalue weighted by atomic mass is 10.0. The van der Waals surface area contributed by atoms with Gasteiger partial charge in [-0.1, -0.05) is 25.0 Å². The second-order valence-corrected chi connectivity index (χ2v) is 19.2. The number of hydrogen-bond acceptors (Lipinski definition) is 13. The molecular formula is C44H51N9O9S2. The molecule has 2 aliphatic carbocycles. The highest BCUT2D eigenvalue weighted by atomic mass is 32.2. The number of alkyl carbamates (subject to hydrolysis) is 1. The summed E-state index contributed by atoms with van der Waals surface area (Å²) in [4.78, 5) is 75.8. The van der Waals surface area contributed by atoms with Crippen LogP contribution in [0.15, 0.2) is 77.2 Å². The van der Waals surface area contributed by atoms with Gasteiger partial charge >= 0.3 is 6.09 Å². The van der Waals surface area contributed by atoms with Gasteiger partial charge in [-0.15, -0.1) is 16.4 Å². The molecule has 5 atom stereocenters. The molecule has 18 nitrogen and oxygen atoms in total. The highest BCUT2D eigenvalue weighted by Gasteiger charge is 2.61. The monoisotopic (exact) mass is 913 g/mol. The Morgan fingerprint density at radius 1 is 0.938 bits per heavy atom. The topological polar surface area (TPSA) is 233 Å². The van der Waals surface area contributed by atoms with Gasteiger partial charge in [-0.25, -0.2) is 22.9 Å². The van der Waals surface area contributed by atoms with E-state index < -0.39 is 63.4 Å². The van der Waals surface area contributed by atoms with Crippen LogP contribution < -0.4 is 25.4 Å². The van der Waals surface area contributed by atoms with Gasteiger partial charge in [0.2, 0.25) is 17.7 Å². The normalized spacial score (nSPS) is 24.6. The molecule has 0 bridgehead atoms. The van der Waals surface area contributed by atoms with E-state index in [-0.39, 0.29) is 36.3 Å². The van der Waals surface area contributed by atoms with E-state index in [0.717, 1.165) is 44.1 Å². The van der Waals surface area contributed by atoms with Gasteiger partial charge in [0.05, 0.1) is 18.0 Å². The number of nitrogens with zero attached hydrogens (tertiary/aromatic N) is 5. The van der Waals surface area contributed by atoms with Gasteiger partial charge < -0.3 is 30.3 Å². The molecule has 4 aromatic rings. The molecule has 2 aliphatic heterocycles. The number of benzene rings is 2. The summed E-state index contributed by atoms with van der Waals surface area (Å²) in [6.07, 6.45) is 11.0. The third-order valence-electron chi connectivity index (χ3n) is 12.2. The summed E-state index contributed by atoms with van der Waals surface area (Å²) in [5.74, 6) is -2.33. The molecule has 0 unspecified atom stereocenters. The summed E-state index contributed by atoms with van der Waals surface area (Å²) in [7, 11) is -2.85. The molecule has 5 amide bonds. The molecule has 4 heterocycles. The van der Waals surface area contributed by atoms with Crippen LogP contribution in [0.2, 0.25) is 0 Å². The predicted octanol–water partition coefficient (Wildman–Crippen LogP) is 5.12. The molecule has 20 heteroatoms. The lowest BCUT2D eigenvalue weighted by Crippen LogP contribution is -2.58. The van der Waals surface area contributed by atoms with Crippen molar-refractivity contribution in [3.05, 3.63) is 72.3 Å². The molecule has 1 saturated heterocycles. The van der Waals surface area contributed by atoms with Crippen LogP contribution in [0.4, 0.5) is 10.5 Å². The molecule has 3 fully saturated rings. The van der Waals surface area contributed by atoms with E-state index in [1.165, 1.54) is 52.2 Å². The molecule has 2 aromatic carbocycles. The maximum absolute atomic E-state index is 14.8. The Labute approximate surface area is 374 Å². The fourth-order valence-corrected chi connectivity index (χ4v) is 10.4. The Hall–Kier alpha value is -6.15. The van der Waals surface area contributed by atoms with Crippen LogP contribution in [0.5, 0.6) is 5.75 Å². The SMILES string of the molecule is COc1ccc(-c2nn([C@@H]3C[C@H]4C(=O)N[C@]5(C(=O)NS(=O)(=O)c6ccc(NC(C)=O)cc6)C[C@H]5/C=C/CCCCC[C@@H](NC(=O)OC5CCCC5)C(=O)N4C3)nc2-c2nccs2)cc1. The second kappa shape index (κ2) is 18.9. The zero-order valence-electron chi connectivity index (χ0n) is 35.5. The van der Waals surface area contributed by atoms with Crippen molar-refractivity contribution in [2.45, 2.75) is 112 Å². The Bertz CT molecular complexity index is 2510. The van der Waals surface area contributed by atoms with Crippen molar-refractivity contribution in [3.8, 4) is 27.7 Å². The lowest BCUT2D eigenvalue weighted by Gasteiger charge is -2.30. The Morgan fingerprint density at radius 2 is 1.67 bits per heavy atom. The van der Waals surface area contributed by atoms with E-state index in [9.17, 15) is 32.4 Å². The molecular weight excluding hydrogens is 863 g/mol. The zero-order valence-corrected chi connectivity index (χ0v) is 37.2. The highest BCUT2D eigenvalue weighted by molar-refractivity contribution is 7.90. The number of amides is 5. The number of nitrogens with one attached hydrogen (secondary N) is 4. The third-order valence-corrected chi connectivity index (χ3v) is 14.3. The van der Waals surface area contributed by atoms with Crippen molar-refractivity contribution < 1.29 is 41.9 Å². The summed E-state index contributed by atoms with van der Waals surface area (Å²) in [6.45, 7) is 1.30. The van der Waals surface area contributed by atoms with Crippen LogP contribution in [0.1, 0.15) is 83.6 Å².